The summed E-state index contributed by atoms with van der Waals surface area (Å²) in [5, 5.41) is 2.18. The lowest BCUT2D eigenvalue weighted by Gasteiger charge is -2.41. The molecule has 3 aliphatic heterocycles. The standard InChI is InChI=1S/C18H28N2O2S/c1-3-16(13-19-8-10-21-11-9-19)22-18(5-1)6-7-20(15-18)14-17-4-2-12-23-17/h2,4,12,16H,1,3,5-11,13-15H2/t16-,18-/m1/s1. The van der Waals surface area contributed by atoms with E-state index in [1.54, 1.807) is 0 Å². The van der Waals surface area contributed by atoms with Gasteiger partial charge in [0, 0.05) is 44.1 Å². The van der Waals surface area contributed by atoms with Crippen molar-refractivity contribution in [1.29, 1.82) is 0 Å². The zero-order chi connectivity index (χ0) is 15.5. The van der Waals surface area contributed by atoms with E-state index in [9.17, 15) is 0 Å². The first-order valence-corrected chi connectivity index (χ1v) is 9.92. The maximum Gasteiger partial charge on any atom is 0.0825 e. The van der Waals surface area contributed by atoms with Gasteiger partial charge in [-0.3, -0.25) is 9.80 Å². The summed E-state index contributed by atoms with van der Waals surface area (Å²) in [5.74, 6) is 0. The number of hydrogen-bond donors (Lipinski definition) is 0. The predicted octanol–water partition coefficient (Wildman–Crippen LogP) is 2.59. The lowest BCUT2D eigenvalue weighted by molar-refractivity contribution is -0.132. The van der Waals surface area contributed by atoms with Crippen LogP contribution >= 0.6 is 11.3 Å². The summed E-state index contributed by atoms with van der Waals surface area (Å²) in [6, 6.07) is 4.40. The second kappa shape index (κ2) is 7.19. The molecular weight excluding hydrogens is 308 g/mol. The Bertz CT molecular complexity index is 489. The van der Waals surface area contributed by atoms with E-state index in [1.807, 2.05) is 11.3 Å². The number of rotatable bonds is 4. The number of ether oxygens (including phenoxy) is 2. The van der Waals surface area contributed by atoms with E-state index in [0.29, 0.717) is 6.10 Å². The van der Waals surface area contributed by atoms with Crippen LogP contribution in [0.2, 0.25) is 0 Å². The molecule has 5 heteroatoms. The highest BCUT2D eigenvalue weighted by Crippen LogP contribution is 2.37. The van der Waals surface area contributed by atoms with Gasteiger partial charge in [0.2, 0.25) is 0 Å². The van der Waals surface area contributed by atoms with Crippen LogP contribution in [0, 0.1) is 0 Å². The smallest absolute Gasteiger partial charge is 0.0825 e. The summed E-state index contributed by atoms with van der Waals surface area (Å²) < 4.78 is 12.1. The van der Waals surface area contributed by atoms with E-state index in [2.05, 4.69) is 27.3 Å². The minimum absolute atomic E-state index is 0.131. The first-order chi connectivity index (χ1) is 11.3. The average Bonchev–Trinajstić information content (AvgIpc) is 3.20. The monoisotopic (exact) mass is 336 g/mol. The molecule has 23 heavy (non-hydrogen) atoms. The normalized spacial score (nSPS) is 33.5. The zero-order valence-electron chi connectivity index (χ0n) is 13.9. The molecular formula is C18H28N2O2S. The molecule has 0 unspecified atom stereocenters. The largest absolute Gasteiger partial charge is 0.379 e. The van der Waals surface area contributed by atoms with Crippen LogP contribution in [-0.4, -0.2) is 67.4 Å². The Morgan fingerprint density at radius 1 is 1.17 bits per heavy atom. The maximum atomic E-state index is 6.67. The Morgan fingerprint density at radius 3 is 2.91 bits per heavy atom. The molecule has 0 saturated carbocycles. The van der Waals surface area contributed by atoms with Gasteiger partial charge in [0.05, 0.1) is 24.9 Å². The van der Waals surface area contributed by atoms with Crippen molar-refractivity contribution in [3.05, 3.63) is 22.4 Å². The second-order valence-corrected chi connectivity index (χ2v) is 8.30. The highest BCUT2D eigenvalue weighted by atomic mass is 32.1. The number of likely N-dealkylation sites (tertiary alicyclic amines) is 1. The van der Waals surface area contributed by atoms with E-state index in [0.717, 1.165) is 45.9 Å². The van der Waals surface area contributed by atoms with Crippen LogP contribution in [0.5, 0.6) is 0 Å². The molecule has 0 N–H and O–H groups in total. The van der Waals surface area contributed by atoms with Crippen LogP contribution in [0.25, 0.3) is 0 Å². The molecule has 128 valence electrons. The van der Waals surface area contributed by atoms with Gasteiger partial charge in [-0.2, -0.15) is 0 Å². The fourth-order valence-electron chi connectivity index (χ4n) is 4.31. The van der Waals surface area contributed by atoms with Crippen LogP contribution in [0.1, 0.15) is 30.6 Å². The van der Waals surface area contributed by atoms with E-state index >= 15 is 0 Å². The topological polar surface area (TPSA) is 24.9 Å². The van der Waals surface area contributed by atoms with Crippen molar-refractivity contribution < 1.29 is 9.47 Å². The zero-order valence-corrected chi connectivity index (χ0v) is 14.7. The third kappa shape index (κ3) is 3.97. The van der Waals surface area contributed by atoms with Crippen LogP contribution in [-0.2, 0) is 16.0 Å². The molecule has 1 spiro atoms. The summed E-state index contributed by atoms with van der Waals surface area (Å²) in [5.41, 5.74) is 0.131. The van der Waals surface area contributed by atoms with E-state index in [1.165, 1.54) is 37.1 Å². The van der Waals surface area contributed by atoms with Crippen LogP contribution in [0.3, 0.4) is 0 Å². The van der Waals surface area contributed by atoms with Crippen LogP contribution < -0.4 is 0 Å². The van der Waals surface area contributed by atoms with Gasteiger partial charge >= 0.3 is 0 Å². The SMILES string of the molecule is c1csc(CN2CC[C@]3(CCC[C@H](CN4CCOCC4)O3)C2)c1. The Morgan fingerprint density at radius 2 is 2.09 bits per heavy atom. The first-order valence-electron chi connectivity index (χ1n) is 9.04. The van der Waals surface area contributed by atoms with Gasteiger partial charge in [0.1, 0.15) is 0 Å². The molecule has 3 fully saturated rings. The summed E-state index contributed by atoms with van der Waals surface area (Å²) in [6.07, 6.45) is 5.42. The van der Waals surface area contributed by atoms with Crippen LogP contribution in [0.4, 0.5) is 0 Å². The van der Waals surface area contributed by atoms with Crippen LogP contribution in [0.15, 0.2) is 17.5 Å². The minimum atomic E-state index is 0.131. The fourth-order valence-corrected chi connectivity index (χ4v) is 5.06. The summed E-state index contributed by atoms with van der Waals surface area (Å²) in [4.78, 5) is 6.58. The lowest BCUT2D eigenvalue weighted by atomic mass is 9.90. The molecule has 0 aliphatic carbocycles. The summed E-state index contributed by atoms with van der Waals surface area (Å²) >= 11 is 1.87. The van der Waals surface area contributed by atoms with E-state index in [-0.39, 0.29) is 5.60 Å². The van der Waals surface area contributed by atoms with Crippen molar-refractivity contribution in [2.24, 2.45) is 0 Å². The highest BCUT2D eigenvalue weighted by molar-refractivity contribution is 7.09. The molecule has 4 heterocycles. The summed E-state index contributed by atoms with van der Waals surface area (Å²) in [7, 11) is 0. The maximum absolute atomic E-state index is 6.67. The van der Waals surface area contributed by atoms with Crippen molar-refractivity contribution >= 4 is 11.3 Å². The van der Waals surface area contributed by atoms with Crippen molar-refractivity contribution in [2.75, 3.05) is 45.9 Å². The Hall–Kier alpha value is -0.460. The molecule has 0 aromatic carbocycles. The predicted molar refractivity (Wildman–Crippen MR) is 92.9 cm³/mol. The molecule has 3 aliphatic rings. The molecule has 2 atom stereocenters. The van der Waals surface area contributed by atoms with Crippen molar-refractivity contribution in [1.82, 2.24) is 9.80 Å². The van der Waals surface area contributed by atoms with Crippen molar-refractivity contribution in [2.45, 2.75) is 43.9 Å². The van der Waals surface area contributed by atoms with Gasteiger partial charge in [0.25, 0.3) is 0 Å². The fraction of sp³-hybridized carbons (Fsp3) is 0.778. The quantitative estimate of drug-likeness (QED) is 0.844. The molecule has 4 nitrogen and oxygen atoms in total. The first kappa shape index (κ1) is 16.0. The molecule has 0 amide bonds. The minimum Gasteiger partial charge on any atom is -0.379 e. The third-order valence-corrected chi connectivity index (χ3v) is 6.36. The second-order valence-electron chi connectivity index (χ2n) is 7.27. The highest BCUT2D eigenvalue weighted by Gasteiger charge is 2.43. The number of nitrogens with zero attached hydrogens (tertiary/aromatic N) is 2. The molecule has 1 aromatic rings. The number of thiophene rings is 1. The molecule has 3 saturated heterocycles. The van der Waals surface area contributed by atoms with Gasteiger partial charge < -0.3 is 9.47 Å². The Kier molecular flexibility index (Phi) is 5.02. The molecule has 0 bridgehead atoms. The van der Waals surface area contributed by atoms with Gasteiger partial charge in [-0.15, -0.1) is 11.3 Å². The molecule has 0 radical (unpaired) electrons. The van der Waals surface area contributed by atoms with Crippen molar-refractivity contribution in [3.63, 3.8) is 0 Å². The van der Waals surface area contributed by atoms with Crippen molar-refractivity contribution in [3.8, 4) is 0 Å². The van der Waals surface area contributed by atoms with Gasteiger partial charge in [0.15, 0.2) is 0 Å². The Balaban J connectivity index is 1.31. The number of hydrogen-bond acceptors (Lipinski definition) is 5. The Labute approximate surface area is 143 Å². The van der Waals surface area contributed by atoms with Gasteiger partial charge in [-0.25, -0.2) is 0 Å². The lowest BCUT2D eigenvalue weighted by Crippen LogP contribution is -2.48. The molecule has 1 aromatic heterocycles. The van der Waals surface area contributed by atoms with Gasteiger partial charge in [-0.1, -0.05) is 6.07 Å². The van der Waals surface area contributed by atoms with E-state index in [4.69, 9.17) is 9.47 Å². The van der Waals surface area contributed by atoms with Gasteiger partial charge in [-0.05, 0) is 37.1 Å². The summed E-state index contributed by atoms with van der Waals surface area (Å²) in [6.45, 7) is 8.38. The number of morpholine rings is 1. The third-order valence-electron chi connectivity index (χ3n) is 5.50. The average molecular weight is 337 g/mol. The molecule has 4 rings (SSSR count). The van der Waals surface area contributed by atoms with E-state index < -0.39 is 0 Å².